The summed E-state index contributed by atoms with van der Waals surface area (Å²) in [5.41, 5.74) is 1.82. The van der Waals surface area contributed by atoms with Crippen LogP contribution in [0.3, 0.4) is 0 Å². The van der Waals surface area contributed by atoms with Gasteiger partial charge in [-0.2, -0.15) is 5.21 Å². The standard InChI is InChI=1S/C21H30FN7O2/c1-13(12-29-8-7-14-9-15(22)5-6-17(14)29)23-20(31)16(11-21(2,3)4)24-19(30)10-18-25-27-28-26-18/h5-6,9,13,16H,7-8,10-12H2,1-4H3,(H,23,31)(H,24,30)(H,25,26,27,28)/t13-,16-/m0/s1. The summed E-state index contributed by atoms with van der Waals surface area (Å²) in [7, 11) is 0. The molecule has 9 nitrogen and oxygen atoms in total. The SMILES string of the molecule is C[C@@H](CN1CCc2cc(F)ccc21)NC(=O)[C@H](CC(C)(C)C)NC(=O)Cc1nn[nH]n1. The van der Waals surface area contributed by atoms with E-state index >= 15 is 0 Å². The van der Waals surface area contributed by atoms with E-state index in [9.17, 15) is 14.0 Å². The minimum Gasteiger partial charge on any atom is -0.369 e. The maximum Gasteiger partial charge on any atom is 0.242 e. The van der Waals surface area contributed by atoms with E-state index in [2.05, 4.69) is 36.2 Å². The molecule has 1 aliphatic heterocycles. The highest BCUT2D eigenvalue weighted by molar-refractivity contribution is 5.88. The minimum atomic E-state index is -0.679. The zero-order chi connectivity index (χ0) is 22.6. The number of benzene rings is 1. The van der Waals surface area contributed by atoms with Gasteiger partial charge in [0.2, 0.25) is 11.8 Å². The molecule has 2 aromatic rings. The normalized spacial score (nSPS) is 15.3. The molecule has 1 aromatic heterocycles. The van der Waals surface area contributed by atoms with E-state index in [1.54, 1.807) is 12.1 Å². The van der Waals surface area contributed by atoms with Crippen LogP contribution in [0.4, 0.5) is 10.1 Å². The van der Waals surface area contributed by atoms with Gasteiger partial charge in [0, 0.05) is 24.8 Å². The number of hydrogen-bond acceptors (Lipinski definition) is 6. The number of carbonyl (C=O) groups excluding carboxylic acids is 2. The van der Waals surface area contributed by atoms with E-state index in [1.807, 2.05) is 27.7 Å². The van der Waals surface area contributed by atoms with Crippen LogP contribution in [0.2, 0.25) is 0 Å². The summed E-state index contributed by atoms with van der Waals surface area (Å²) >= 11 is 0. The van der Waals surface area contributed by atoms with Gasteiger partial charge in [-0.05, 0) is 48.9 Å². The van der Waals surface area contributed by atoms with Crippen molar-refractivity contribution in [3.63, 3.8) is 0 Å². The Labute approximate surface area is 181 Å². The van der Waals surface area contributed by atoms with Crippen LogP contribution in [0, 0.1) is 11.2 Å². The summed E-state index contributed by atoms with van der Waals surface area (Å²) in [5, 5.41) is 19.1. The van der Waals surface area contributed by atoms with E-state index in [-0.39, 0.29) is 41.3 Å². The molecule has 2 heterocycles. The van der Waals surface area contributed by atoms with Gasteiger partial charge in [0.05, 0.1) is 6.42 Å². The Morgan fingerprint density at radius 3 is 2.74 bits per heavy atom. The lowest BCUT2D eigenvalue weighted by molar-refractivity contribution is -0.129. The lowest BCUT2D eigenvalue weighted by Crippen LogP contribution is -2.52. The summed E-state index contributed by atoms with van der Waals surface area (Å²) in [5.74, 6) is -0.537. The summed E-state index contributed by atoms with van der Waals surface area (Å²) < 4.78 is 13.4. The molecule has 168 valence electrons. The minimum absolute atomic E-state index is 0.0545. The smallest absolute Gasteiger partial charge is 0.242 e. The molecule has 2 amide bonds. The summed E-state index contributed by atoms with van der Waals surface area (Å²) in [4.78, 5) is 27.5. The number of fused-ring (bicyclic) bond motifs is 1. The molecule has 31 heavy (non-hydrogen) atoms. The van der Waals surface area contributed by atoms with E-state index < -0.39 is 6.04 Å². The van der Waals surface area contributed by atoms with E-state index in [1.165, 1.54) is 6.07 Å². The first-order valence-electron chi connectivity index (χ1n) is 10.5. The Hall–Kier alpha value is -3.04. The fourth-order valence-electron chi connectivity index (χ4n) is 3.82. The average Bonchev–Trinajstić information content (AvgIpc) is 3.29. The van der Waals surface area contributed by atoms with E-state index in [4.69, 9.17) is 0 Å². The van der Waals surface area contributed by atoms with Crippen LogP contribution < -0.4 is 15.5 Å². The molecule has 0 spiro atoms. The Bertz CT molecular complexity index is 911. The largest absolute Gasteiger partial charge is 0.369 e. The van der Waals surface area contributed by atoms with Crippen molar-refractivity contribution in [1.29, 1.82) is 0 Å². The Kier molecular flexibility index (Phi) is 6.87. The number of tetrazole rings is 1. The van der Waals surface area contributed by atoms with Gasteiger partial charge in [0.1, 0.15) is 11.9 Å². The molecule has 0 aliphatic carbocycles. The Balaban J connectivity index is 1.59. The molecule has 0 fully saturated rings. The van der Waals surface area contributed by atoms with Crippen molar-refractivity contribution < 1.29 is 14.0 Å². The second-order valence-corrected chi connectivity index (χ2v) is 9.27. The first-order valence-corrected chi connectivity index (χ1v) is 10.5. The number of halogens is 1. The van der Waals surface area contributed by atoms with Crippen molar-refractivity contribution in [1.82, 2.24) is 31.3 Å². The fourth-order valence-corrected chi connectivity index (χ4v) is 3.82. The van der Waals surface area contributed by atoms with Crippen LogP contribution in [0.25, 0.3) is 0 Å². The molecule has 1 aliphatic rings. The third kappa shape index (κ3) is 6.47. The molecule has 3 rings (SSSR count). The number of rotatable bonds is 8. The highest BCUT2D eigenvalue weighted by Gasteiger charge is 2.29. The Morgan fingerprint density at radius 2 is 2.06 bits per heavy atom. The number of hydrogen-bond donors (Lipinski definition) is 3. The third-order valence-corrected chi connectivity index (χ3v) is 5.09. The van der Waals surface area contributed by atoms with E-state index in [0.29, 0.717) is 13.0 Å². The molecule has 1 aromatic carbocycles. The van der Waals surface area contributed by atoms with Gasteiger partial charge in [-0.15, -0.1) is 10.2 Å². The number of amides is 2. The number of nitrogens with one attached hydrogen (secondary N) is 3. The molecule has 0 saturated carbocycles. The van der Waals surface area contributed by atoms with E-state index in [0.717, 1.165) is 24.2 Å². The molecular weight excluding hydrogens is 401 g/mol. The topological polar surface area (TPSA) is 116 Å². The maximum absolute atomic E-state index is 13.4. The number of anilines is 1. The third-order valence-electron chi connectivity index (χ3n) is 5.09. The van der Waals surface area contributed by atoms with Gasteiger partial charge in [0.25, 0.3) is 0 Å². The van der Waals surface area contributed by atoms with Crippen molar-refractivity contribution >= 4 is 17.5 Å². The van der Waals surface area contributed by atoms with Crippen LogP contribution in [-0.4, -0.2) is 57.6 Å². The van der Waals surface area contributed by atoms with Crippen molar-refractivity contribution in [2.45, 2.75) is 59.0 Å². The van der Waals surface area contributed by atoms with Crippen molar-refractivity contribution in [3.8, 4) is 0 Å². The van der Waals surface area contributed by atoms with Gasteiger partial charge >= 0.3 is 0 Å². The zero-order valence-electron chi connectivity index (χ0n) is 18.4. The number of aromatic nitrogens is 4. The summed E-state index contributed by atoms with van der Waals surface area (Å²) in [6.07, 6.45) is 1.21. The second kappa shape index (κ2) is 9.40. The van der Waals surface area contributed by atoms with Crippen molar-refractivity contribution in [2.75, 3.05) is 18.0 Å². The average molecular weight is 432 g/mol. The lowest BCUT2D eigenvalue weighted by atomic mass is 9.87. The quantitative estimate of drug-likeness (QED) is 0.581. The first kappa shape index (κ1) is 22.6. The lowest BCUT2D eigenvalue weighted by Gasteiger charge is -2.29. The molecule has 0 unspecified atom stereocenters. The molecule has 10 heteroatoms. The van der Waals surface area contributed by atoms with Crippen LogP contribution in [0.15, 0.2) is 18.2 Å². The number of aromatic amines is 1. The highest BCUT2D eigenvalue weighted by Crippen LogP contribution is 2.28. The number of carbonyl (C=O) groups is 2. The van der Waals surface area contributed by atoms with Gasteiger partial charge < -0.3 is 15.5 Å². The molecule has 0 bridgehead atoms. The fraction of sp³-hybridized carbons (Fsp3) is 0.571. The van der Waals surface area contributed by atoms with Gasteiger partial charge in [-0.3, -0.25) is 9.59 Å². The summed E-state index contributed by atoms with van der Waals surface area (Å²) in [6.45, 7) is 9.36. The molecule has 3 N–H and O–H groups in total. The number of H-pyrrole nitrogens is 1. The van der Waals surface area contributed by atoms with Gasteiger partial charge in [-0.1, -0.05) is 26.0 Å². The second-order valence-electron chi connectivity index (χ2n) is 9.27. The van der Waals surface area contributed by atoms with Crippen LogP contribution >= 0.6 is 0 Å². The number of nitrogens with zero attached hydrogens (tertiary/aromatic N) is 4. The first-order chi connectivity index (χ1) is 14.6. The predicted molar refractivity (Wildman–Crippen MR) is 114 cm³/mol. The molecule has 0 saturated heterocycles. The summed E-state index contributed by atoms with van der Waals surface area (Å²) in [6, 6.07) is 3.98. The Morgan fingerprint density at radius 1 is 1.29 bits per heavy atom. The van der Waals surface area contributed by atoms with Crippen LogP contribution in [0.1, 0.15) is 45.5 Å². The van der Waals surface area contributed by atoms with Crippen LogP contribution in [-0.2, 0) is 22.4 Å². The van der Waals surface area contributed by atoms with Gasteiger partial charge in [0.15, 0.2) is 5.82 Å². The van der Waals surface area contributed by atoms with Crippen LogP contribution in [0.5, 0.6) is 0 Å². The zero-order valence-corrected chi connectivity index (χ0v) is 18.4. The highest BCUT2D eigenvalue weighted by atomic mass is 19.1. The monoisotopic (exact) mass is 431 g/mol. The molecular formula is C21H30FN7O2. The van der Waals surface area contributed by atoms with Crippen molar-refractivity contribution in [3.05, 3.63) is 35.4 Å². The molecule has 0 radical (unpaired) electrons. The van der Waals surface area contributed by atoms with Gasteiger partial charge in [-0.25, -0.2) is 4.39 Å². The molecule has 2 atom stereocenters. The predicted octanol–water partition coefficient (Wildman–Crippen LogP) is 1.37. The van der Waals surface area contributed by atoms with Crippen molar-refractivity contribution in [2.24, 2.45) is 5.41 Å². The maximum atomic E-state index is 13.4.